The number of fused-ring (bicyclic) bond motifs is 3. The molecule has 5 nitrogen and oxygen atoms in total. The van der Waals surface area contributed by atoms with E-state index in [-0.39, 0.29) is 11.8 Å². The minimum Gasteiger partial charge on any atom is -0.356 e. The van der Waals surface area contributed by atoms with E-state index in [1.165, 1.54) is 18.4 Å². The Morgan fingerprint density at radius 3 is 2.73 bits per heavy atom. The van der Waals surface area contributed by atoms with E-state index in [9.17, 15) is 9.59 Å². The van der Waals surface area contributed by atoms with Crippen molar-refractivity contribution in [1.82, 2.24) is 10.6 Å². The molecular formula is C21H29N3O2. The SMILES string of the molecule is O=C(CC1CC2CCC(C1)N2)NCCCC(=O)N1CCc2ccccc21. The summed E-state index contributed by atoms with van der Waals surface area (Å²) in [5.41, 5.74) is 2.31. The van der Waals surface area contributed by atoms with Crippen molar-refractivity contribution in [1.29, 1.82) is 0 Å². The van der Waals surface area contributed by atoms with Gasteiger partial charge in [0.05, 0.1) is 0 Å². The molecular weight excluding hydrogens is 326 g/mol. The van der Waals surface area contributed by atoms with E-state index in [1.807, 2.05) is 23.1 Å². The monoisotopic (exact) mass is 355 g/mol. The summed E-state index contributed by atoms with van der Waals surface area (Å²) in [4.78, 5) is 26.5. The van der Waals surface area contributed by atoms with Crippen LogP contribution in [0.3, 0.4) is 0 Å². The fourth-order valence-electron chi connectivity index (χ4n) is 4.88. The van der Waals surface area contributed by atoms with Gasteiger partial charge in [-0.05, 0) is 56.1 Å². The zero-order chi connectivity index (χ0) is 17.9. The standard InChI is InChI=1S/C21H29N3O2/c25-20(14-15-12-17-7-8-18(13-15)23-17)22-10-3-6-21(26)24-11-9-16-4-1-2-5-19(16)24/h1-2,4-5,15,17-18,23H,3,6-14H2,(H,22,25). The van der Waals surface area contributed by atoms with Gasteiger partial charge in [0.15, 0.2) is 0 Å². The van der Waals surface area contributed by atoms with E-state index < -0.39 is 0 Å². The number of nitrogens with zero attached hydrogens (tertiary/aromatic N) is 1. The second-order valence-electron chi connectivity index (χ2n) is 8.06. The summed E-state index contributed by atoms with van der Waals surface area (Å²) in [6, 6.07) is 9.39. The molecule has 2 fully saturated rings. The number of carbonyl (C=O) groups is 2. The van der Waals surface area contributed by atoms with E-state index in [2.05, 4.69) is 16.7 Å². The van der Waals surface area contributed by atoms with Crippen LogP contribution in [0.15, 0.2) is 24.3 Å². The fourth-order valence-corrected chi connectivity index (χ4v) is 4.88. The third kappa shape index (κ3) is 3.93. The van der Waals surface area contributed by atoms with Gasteiger partial charge in [-0.3, -0.25) is 9.59 Å². The molecule has 2 unspecified atom stereocenters. The van der Waals surface area contributed by atoms with Crippen molar-refractivity contribution in [2.45, 2.75) is 63.5 Å². The summed E-state index contributed by atoms with van der Waals surface area (Å²) in [6.45, 7) is 1.38. The van der Waals surface area contributed by atoms with Gasteiger partial charge in [-0.2, -0.15) is 0 Å². The molecule has 3 aliphatic rings. The van der Waals surface area contributed by atoms with Crippen LogP contribution in [-0.2, 0) is 16.0 Å². The van der Waals surface area contributed by atoms with Crippen molar-refractivity contribution in [3.8, 4) is 0 Å². The number of para-hydroxylation sites is 1. The minimum atomic E-state index is 0.148. The zero-order valence-corrected chi connectivity index (χ0v) is 15.4. The van der Waals surface area contributed by atoms with Gasteiger partial charge in [0.1, 0.15) is 0 Å². The Bertz CT molecular complexity index is 663. The normalized spacial score (nSPS) is 26.6. The Morgan fingerprint density at radius 2 is 1.92 bits per heavy atom. The molecule has 2 saturated heterocycles. The maximum atomic E-state index is 12.5. The van der Waals surface area contributed by atoms with Crippen LogP contribution in [0.4, 0.5) is 5.69 Å². The molecule has 2 N–H and O–H groups in total. The molecule has 4 rings (SSSR count). The summed E-state index contributed by atoms with van der Waals surface area (Å²) in [5, 5.41) is 6.63. The van der Waals surface area contributed by atoms with E-state index in [0.29, 0.717) is 43.8 Å². The Hall–Kier alpha value is -1.88. The molecule has 0 aliphatic carbocycles. The van der Waals surface area contributed by atoms with Crippen molar-refractivity contribution in [3.05, 3.63) is 29.8 Å². The van der Waals surface area contributed by atoms with Crippen LogP contribution in [-0.4, -0.2) is 37.0 Å². The molecule has 0 saturated carbocycles. The van der Waals surface area contributed by atoms with Crippen LogP contribution in [0.1, 0.15) is 50.5 Å². The number of hydrogen-bond acceptors (Lipinski definition) is 3. The fraction of sp³-hybridized carbons (Fsp3) is 0.619. The number of benzene rings is 1. The molecule has 140 valence electrons. The lowest BCUT2D eigenvalue weighted by Crippen LogP contribution is -2.39. The second kappa shape index (κ2) is 7.78. The second-order valence-corrected chi connectivity index (χ2v) is 8.06. The number of piperidine rings is 1. The van der Waals surface area contributed by atoms with Crippen molar-refractivity contribution in [3.63, 3.8) is 0 Å². The van der Waals surface area contributed by atoms with Gasteiger partial charge in [0.25, 0.3) is 0 Å². The minimum absolute atomic E-state index is 0.148. The highest BCUT2D eigenvalue weighted by atomic mass is 16.2. The number of anilines is 1. The molecule has 1 aromatic carbocycles. The van der Waals surface area contributed by atoms with Crippen LogP contribution in [0.25, 0.3) is 0 Å². The lowest BCUT2D eigenvalue weighted by atomic mass is 9.89. The van der Waals surface area contributed by atoms with Crippen molar-refractivity contribution in [2.75, 3.05) is 18.0 Å². The summed E-state index contributed by atoms with van der Waals surface area (Å²) in [5.74, 6) is 0.839. The summed E-state index contributed by atoms with van der Waals surface area (Å²) in [7, 11) is 0. The van der Waals surface area contributed by atoms with Crippen LogP contribution in [0.5, 0.6) is 0 Å². The average molecular weight is 355 g/mol. The van der Waals surface area contributed by atoms with Gasteiger partial charge in [0.2, 0.25) is 11.8 Å². The molecule has 0 spiro atoms. The molecule has 2 bridgehead atoms. The van der Waals surface area contributed by atoms with Crippen molar-refractivity contribution >= 4 is 17.5 Å². The topological polar surface area (TPSA) is 61.4 Å². The molecule has 26 heavy (non-hydrogen) atoms. The van der Waals surface area contributed by atoms with Crippen molar-refractivity contribution < 1.29 is 9.59 Å². The maximum Gasteiger partial charge on any atom is 0.227 e. The molecule has 5 heteroatoms. The van der Waals surface area contributed by atoms with Gasteiger partial charge in [-0.25, -0.2) is 0 Å². The first-order valence-corrected chi connectivity index (χ1v) is 10.1. The predicted molar refractivity (Wildman–Crippen MR) is 102 cm³/mol. The van der Waals surface area contributed by atoms with E-state index in [4.69, 9.17) is 0 Å². The Labute approximate surface area is 155 Å². The van der Waals surface area contributed by atoms with Crippen LogP contribution < -0.4 is 15.5 Å². The molecule has 3 aliphatic heterocycles. The summed E-state index contributed by atoms with van der Waals surface area (Å²) < 4.78 is 0. The van der Waals surface area contributed by atoms with Gasteiger partial charge in [0, 0.05) is 43.7 Å². The molecule has 0 aromatic heterocycles. The van der Waals surface area contributed by atoms with Gasteiger partial charge >= 0.3 is 0 Å². The number of carbonyl (C=O) groups excluding carboxylic acids is 2. The lowest BCUT2D eigenvalue weighted by Gasteiger charge is -2.28. The quantitative estimate of drug-likeness (QED) is 0.770. The van der Waals surface area contributed by atoms with Gasteiger partial charge < -0.3 is 15.5 Å². The third-order valence-electron chi connectivity index (χ3n) is 6.12. The Kier molecular flexibility index (Phi) is 5.25. The van der Waals surface area contributed by atoms with Crippen LogP contribution >= 0.6 is 0 Å². The average Bonchev–Trinajstić information content (AvgIpc) is 3.21. The smallest absolute Gasteiger partial charge is 0.227 e. The van der Waals surface area contributed by atoms with Crippen molar-refractivity contribution in [2.24, 2.45) is 5.92 Å². The first-order chi connectivity index (χ1) is 12.7. The van der Waals surface area contributed by atoms with E-state index in [1.54, 1.807) is 0 Å². The highest BCUT2D eigenvalue weighted by Gasteiger charge is 2.34. The number of nitrogens with one attached hydrogen (secondary N) is 2. The Balaban J connectivity index is 1.15. The number of rotatable bonds is 6. The summed E-state index contributed by atoms with van der Waals surface area (Å²) >= 11 is 0. The van der Waals surface area contributed by atoms with Crippen LogP contribution in [0, 0.1) is 5.92 Å². The third-order valence-corrected chi connectivity index (χ3v) is 6.12. The molecule has 3 heterocycles. The highest BCUT2D eigenvalue weighted by Crippen LogP contribution is 2.32. The molecule has 1 aromatic rings. The molecule has 0 radical (unpaired) electrons. The lowest BCUT2D eigenvalue weighted by molar-refractivity contribution is -0.123. The first kappa shape index (κ1) is 17.5. The van der Waals surface area contributed by atoms with Crippen LogP contribution in [0.2, 0.25) is 0 Å². The van der Waals surface area contributed by atoms with E-state index in [0.717, 1.165) is 31.5 Å². The number of amides is 2. The number of hydrogen-bond donors (Lipinski definition) is 2. The van der Waals surface area contributed by atoms with Gasteiger partial charge in [-0.15, -0.1) is 0 Å². The van der Waals surface area contributed by atoms with E-state index >= 15 is 0 Å². The maximum absolute atomic E-state index is 12.5. The predicted octanol–water partition coefficient (Wildman–Crippen LogP) is 2.39. The zero-order valence-electron chi connectivity index (χ0n) is 15.4. The Morgan fingerprint density at radius 1 is 1.15 bits per heavy atom. The first-order valence-electron chi connectivity index (χ1n) is 10.1. The highest BCUT2D eigenvalue weighted by molar-refractivity contribution is 5.95. The molecule has 2 atom stereocenters. The summed E-state index contributed by atoms with van der Waals surface area (Å²) in [6.07, 6.45) is 7.59. The molecule has 2 amide bonds. The largest absolute Gasteiger partial charge is 0.356 e. The van der Waals surface area contributed by atoms with Gasteiger partial charge in [-0.1, -0.05) is 18.2 Å².